The first-order chi connectivity index (χ1) is 18.2. The van der Waals surface area contributed by atoms with Crippen LogP contribution in [0.2, 0.25) is 0 Å². The molecule has 2 aliphatic heterocycles. The SMILES string of the molecule is COc1cc(P2(=O)C=CN(C3CC3)C=C2)ccc1Nc1nc(N[C@H]2CCOC2)c2c(C(F)(F)F)c[nH]c2n1. The summed E-state index contributed by atoms with van der Waals surface area (Å²) in [5, 5.41) is 6.60. The van der Waals surface area contributed by atoms with Gasteiger partial charge in [-0.25, -0.2) is 0 Å². The minimum absolute atomic E-state index is 0.0361. The van der Waals surface area contributed by atoms with Crippen LogP contribution in [0.1, 0.15) is 24.8 Å². The number of benzene rings is 1. The quantitative estimate of drug-likeness (QED) is 0.342. The molecule has 38 heavy (non-hydrogen) atoms. The lowest BCUT2D eigenvalue weighted by Crippen LogP contribution is -2.21. The van der Waals surface area contributed by atoms with Gasteiger partial charge in [0.2, 0.25) is 5.95 Å². The van der Waals surface area contributed by atoms with Crippen LogP contribution in [0.3, 0.4) is 0 Å². The van der Waals surface area contributed by atoms with Crippen molar-refractivity contribution in [2.24, 2.45) is 0 Å². The molecule has 0 bridgehead atoms. The van der Waals surface area contributed by atoms with Crippen LogP contribution in [-0.4, -0.2) is 52.3 Å². The zero-order valence-electron chi connectivity index (χ0n) is 20.5. The lowest BCUT2D eigenvalue weighted by molar-refractivity contribution is -0.136. The predicted molar refractivity (Wildman–Crippen MR) is 138 cm³/mol. The van der Waals surface area contributed by atoms with E-state index in [9.17, 15) is 17.7 Å². The van der Waals surface area contributed by atoms with Gasteiger partial charge in [0, 0.05) is 36.6 Å². The first-order valence-electron chi connectivity index (χ1n) is 12.3. The van der Waals surface area contributed by atoms with Crippen LogP contribution in [0.25, 0.3) is 11.0 Å². The molecule has 200 valence electrons. The molecule has 2 fully saturated rings. The lowest BCUT2D eigenvalue weighted by Gasteiger charge is -2.22. The molecular formula is C25H26F3N6O3P. The summed E-state index contributed by atoms with van der Waals surface area (Å²) in [5.74, 6) is 3.99. The van der Waals surface area contributed by atoms with Gasteiger partial charge in [-0.2, -0.15) is 23.1 Å². The number of ether oxygens (including phenoxy) is 2. The number of aromatic nitrogens is 3. The van der Waals surface area contributed by atoms with Crippen LogP contribution in [0.4, 0.5) is 30.6 Å². The molecule has 6 rings (SSSR count). The van der Waals surface area contributed by atoms with Crippen LogP contribution in [0.15, 0.2) is 48.4 Å². The van der Waals surface area contributed by atoms with Crippen molar-refractivity contribution in [3.05, 3.63) is 54.0 Å². The van der Waals surface area contributed by atoms with Crippen molar-refractivity contribution < 1.29 is 27.2 Å². The van der Waals surface area contributed by atoms with Gasteiger partial charge in [-0.1, -0.05) is 0 Å². The number of methoxy groups -OCH3 is 1. The van der Waals surface area contributed by atoms with Crippen LogP contribution in [0, 0.1) is 0 Å². The number of alkyl halides is 3. The van der Waals surface area contributed by atoms with Crippen molar-refractivity contribution in [3.8, 4) is 5.75 Å². The highest BCUT2D eigenvalue weighted by Crippen LogP contribution is 2.51. The number of halogens is 3. The second kappa shape index (κ2) is 9.36. The molecule has 13 heteroatoms. The largest absolute Gasteiger partial charge is 0.495 e. The maximum absolute atomic E-state index is 13.7. The highest BCUT2D eigenvalue weighted by atomic mass is 31.2. The monoisotopic (exact) mass is 546 g/mol. The molecule has 1 saturated carbocycles. The molecule has 1 saturated heterocycles. The molecule has 1 aliphatic carbocycles. The van der Waals surface area contributed by atoms with Crippen molar-refractivity contribution in [2.45, 2.75) is 37.5 Å². The van der Waals surface area contributed by atoms with Gasteiger partial charge in [-0.05, 0) is 49.1 Å². The third kappa shape index (κ3) is 4.74. The van der Waals surface area contributed by atoms with Crippen molar-refractivity contribution in [2.75, 3.05) is 31.0 Å². The van der Waals surface area contributed by atoms with Crippen LogP contribution < -0.4 is 20.7 Å². The van der Waals surface area contributed by atoms with E-state index in [0.717, 1.165) is 19.0 Å². The molecule has 1 aromatic carbocycles. The zero-order chi connectivity index (χ0) is 26.5. The molecule has 0 spiro atoms. The van der Waals surface area contributed by atoms with E-state index in [1.165, 1.54) is 7.11 Å². The van der Waals surface area contributed by atoms with Crippen molar-refractivity contribution in [1.29, 1.82) is 0 Å². The normalized spacial score (nSPS) is 20.7. The molecule has 0 amide bonds. The number of aromatic amines is 1. The van der Waals surface area contributed by atoms with E-state index in [2.05, 4.69) is 30.5 Å². The highest BCUT2D eigenvalue weighted by Gasteiger charge is 2.36. The average Bonchev–Trinajstić information content (AvgIpc) is 3.42. The fourth-order valence-electron chi connectivity index (χ4n) is 4.62. The smallest absolute Gasteiger partial charge is 0.418 e. The van der Waals surface area contributed by atoms with Gasteiger partial charge < -0.3 is 34.6 Å². The molecule has 2 aromatic heterocycles. The number of anilines is 3. The van der Waals surface area contributed by atoms with E-state index in [-0.39, 0.29) is 28.8 Å². The summed E-state index contributed by atoms with van der Waals surface area (Å²) < 4.78 is 65.5. The summed E-state index contributed by atoms with van der Waals surface area (Å²) in [7, 11) is -1.42. The Morgan fingerprint density at radius 3 is 2.63 bits per heavy atom. The number of hydrogen-bond acceptors (Lipinski definition) is 8. The number of fused-ring (bicyclic) bond motifs is 1. The van der Waals surface area contributed by atoms with Gasteiger partial charge in [0.25, 0.3) is 0 Å². The third-order valence-electron chi connectivity index (χ3n) is 6.83. The number of nitrogens with zero attached hydrogens (tertiary/aromatic N) is 3. The minimum Gasteiger partial charge on any atom is -0.495 e. The molecular weight excluding hydrogens is 520 g/mol. The summed E-state index contributed by atoms with van der Waals surface area (Å²) in [4.78, 5) is 13.4. The Hall–Kier alpha value is -3.50. The molecule has 0 unspecified atom stereocenters. The first kappa shape index (κ1) is 24.8. The van der Waals surface area contributed by atoms with Gasteiger partial charge in [0.15, 0.2) is 7.14 Å². The summed E-state index contributed by atoms with van der Waals surface area (Å²) >= 11 is 0. The molecule has 9 nitrogen and oxygen atoms in total. The highest BCUT2D eigenvalue weighted by molar-refractivity contribution is 7.77. The Kier molecular flexibility index (Phi) is 6.11. The molecule has 3 aliphatic rings. The van der Waals surface area contributed by atoms with Gasteiger partial charge in [-0.15, -0.1) is 0 Å². The summed E-state index contributed by atoms with van der Waals surface area (Å²) in [5.41, 5.74) is -0.334. The van der Waals surface area contributed by atoms with E-state index in [1.54, 1.807) is 29.8 Å². The first-order valence-corrected chi connectivity index (χ1v) is 14.1. The maximum atomic E-state index is 13.7. The van der Waals surface area contributed by atoms with E-state index in [4.69, 9.17) is 9.47 Å². The number of hydrogen-bond donors (Lipinski definition) is 3. The van der Waals surface area contributed by atoms with Crippen LogP contribution in [0.5, 0.6) is 5.75 Å². The van der Waals surface area contributed by atoms with Gasteiger partial charge in [0.05, 0.1) is 36.4 Å². The fourth-order valence-corrected chi connectivity index (χ4v) is 6.39. The Bertz CT molecular complexity index is 1460. The Morgan fingerprint density at radius 2 is 1.97 bits per heavy atom. The van der Waals surface area contributed by atoms with Gasteiger partial charge in [0.1, 0.15) is 17.2 Å². The fraction of sp³-hybridized carbons (Fsp3) is 0.360. The Morgan fingerprint density at radius 1 is 1.18 bits per heavy atom. The van der Waals surface area contributed by atoms with Crippen LogP contribution in [-0.2, 0) is 15.5 Å². The summed E-state index contributed by atoms with van der Waals surface area (Å²) in [6.07, 6.45) is 2.97. The average molecular weight is 546 g/mol. The molecule has 3 aromatic rings. The molecule has 0 radical (unpaired) electrons. The number of H-pyrrole nitrogens is 1. The van der Waals surface area contributed by atoms with Crippen molar-refractivity contribution in [3.63, 3.8) is 0 Å². The standard InChI is InChI=1S/C25H26F3N6O3P/c1-36-20-12-17(38(35)10-7-34(8-11-38)16-2-3-16)4-5-19(20)31-24-32-22-21(18(13-29-22)25(26,27)28)23(33-24)30-15-6-9-37-14-15/h4-5,7-8,10-13,15-16H,2-3,6,9,14H2,1H3,(H3,29,30,31,32,33)/t15-/m0/s1. The second-order valence-electron chi connectivity index (χ2n) is 9.52. The zero-order valence-corrected chi connectivity index (χ0v) is 21.4. The van der Waals surface area contributed by atoms with Crippen molar-refractivity contribution in [1.82, 2.24) is 19.9 Å². The van der Waals surface area contributed by atoms with E-state index in [1.807, 2.05) is 12.4 Å². The number of nitrogens with one attached hydrogen (secondary N) is 3. The van der Waals surface area contributed by atoms with Gasteiger partial charge in [-0.3, -0.25) is 0 Å². The minimum atomic E-state index is -4.58. The number of rotatable bonds is 7. The molecule has 3 N–H and O–H groups in total. The Labute approximate surface area is 216 Å². The second-order valence-corrected chi connectivity index (χ2v) is 12.0. The summed E-state index contributed by atoms with van der Waals surface area (Å²) in [6, 6.07) is 5.44. The van der Waals surface area contributed by atoms with Crippen molar-refractivity contribution >= 4 is 40.9 Å². The Balaban J connectivity index is 1.32. The third-order valence-corrected chi connectivity index (χ3v) is 9.07. The topological polar surface area (TPSA) is 104 Å². The van der Waals surface area contributed by atoms with E-state index >= 15 is 0 Å². The van der Waals surface area contributed by atoms with E-state index < -0.39 is 18.9 Å². The van der Waals surface area contributed by atoms with Crippen LogP contribution >= 0.6 is 7.14 Å². The predicted octanol–water partition coefficient (Wildman–Crippen LogP) is 5.34. The van der Waals surface area contributed by atoms with E-state index in [0.29, 0.717) is 42.4 Å². The molecule has 1 atom stereocenters. The van der Waals surface area contributed by atoms with Gasteiger partial charge >= 0.3 is 6.18 Å². The molecule has 4 heterocycles. The maximum Gasteiger partial charge on any atom is 0.418 e. The lowest BCUT2D eigenvalue weighted by atomic mass is 10.2. The summed E-state index contributed by atoms with van der Waals surface area (Å²) in [6.45, 7) is 0.892.